The first kappa shape index (κ1) is 9.89. The van der Waals surface area contributed by atoms with E-state index in [-0.39, 0.29) is 13.0 Å². The van der Waals surface area contributed by atoms with E-state index in [1.807, 2.05) is 0 Å². The third-order valence-corrected chi connectivity index (χ3v) is 2.56. The first-order valence-corrected chi connectivity index (χ1v) is 4.64. The van der Waals surface area contributed by atoms with E-state index in [4.69, 9.17) is 4.74 Å². The topological polar surface area (TPSA) is 52.4 Å². The normalized spacial score (nSPS) is 19.2. The number of benzene rings is 1. The average Bonchev–Trinajstić information content (AvgIpc) is 2.23. The highest BCUT2D eigenvalue weighted by atomic mass is 19.1. The fourth-order valence-electron chi connectivity index (χ4n) is 1.72. The molecule has 1 aliphatic rings. The molecule has 0 spiro atoms. The molecular weight excluding hydrogens is 201 g/mol. The van der Waals surface area contributed by atoms with Crippen LogP contribution in [0.3, 0.4) is 0 Å². The number of hydrogen-bond acceptors (Lipinski definition) is 3. The second-order valence-corrected chi connectivity index (χ2v) is 3.63. The van der Waals surface area contributed by atoms with E-state index in [1.54, 1.807) is 13.0 Å². The minimum absolute atomic E-state index is 0.0181. The number of rotatable bonds is 1. The Labute approximate surface area is 85.8 Å². The van der Waals surface area contributed by atoms with E-state index in [9.17, 15) is 14.5 Å². The van der Waals surface area contributed by atoms with Crippen LogP contribution in [0.5, 0.6) is 5.75 Å². The van der Waals surface area contributed by atoms with E-state index in [1.165, 1.54) is 6.07 Å². The van der Waals surface area contributed by atoms with Gasteiger partial charge >= 0.3 is 0 Å². The molecule has 2 rings (SSSR count). The summed E-state index contributed by atoms with van der Waals surface area (Å²) >= 11 is 0. The summed E-state index contributed by atoms with van der Waals surface area (Å²) in [4.78, 5) is 10.1. The maximum atomic E-state index is 13.4. The van der Waals surface area contributed by atoms with Crippen LogP contribution in [0.25, 0.3) is 0 Å². The summed E-state index contributed by atoms with van der Waals surface area (Å²) in [6.07, 6.45) is 0.107. The van der Waals surface area contributed by atoms with Crippen LogP contribution in [0, 0.1) is 22.9 Å². The van der Waals surface area contributed by atoms with Crippen LogP contribution in [0.1, 0.15) is 11.1 Å². The zero-order valence-electron chi connectivity index (χ0n) is 8.20. The lowest BCUT2D eigenvalue weighted by Crippen LogP contribution is -2.33. The Hall–Kier alpha value is -1.65. The first-order chi connectivity index (χ1) is 7.09. The van der Waals surface area contributed by atoms with Crippen molar-refractivity contribution in [3.05, 3.63) is 39.2 Å². The van der Waals surface area contributed by atoms with Crippen LogP contribution in [-0.2, 0) is 6.42 Å². The molecule has 0 amide bonds. The van der Waals surface area contributed by atoms with Gasteiger partial charge in [-0.05, 0) is 18.6 Å². The maximum absolute atomic E-state index is 13.4. The molecule has 1 unspecified atom stereocenters. The standard InChI is InChI=1S/C10H10FNO3/c1-6-2-3-9(11)8-4-7(12(13)14)5-15-10(6)8/h2-3,7H,4-5H2,1H3. The number of nitro groups is 1. The predicted octanol–water partition coefficient (Wildman–Crippen LogP) is 1.71. The molecule has 0 aromatic heterocycles. The van der Waals surface area contributed by atoms with E-state index < -0.39 is 16.8 Å². The van der Waals surface area contributed by atoms with Gasteiger partial charge in [0, 0.05) is 10.5 Å². The minimum Gasteiger partial charge on any atom is -0.486 e. The Morgan fingerprint density at radius 1 is 1.60 bits per heavy atom. The van der Waals surface area contributed by atoms with Gasteiger partial charge in [-0.1, -0.05) is 6.07 Å². The van der Waals surface area contributed by atoms with Gasteiger partial charge in [0.05, 0.1) is 6.42 Å². The monoisotopic (exact) mass is 211 g/mol. The van der Waals surface area contributed by atoms with Gasteiger partial charge in [-0.2, -0.15) is 0 Å². The third kappa shape index (κ3) is 1.65. The van der Waals surface area contributed by atoms with Crippen LogP contribution in [0.2, 0.25) is 0 Å². The van der Waals surface area contributed by atoms with Crippen molar-refractivity contribution in [3.63, 3.8) is 0 Å². The van der Waals surface area contributed by atoms with Crippen molar-refractivity contribution in [2.24, 2.45) is 0 Å². The number of nitrogens with zero attached hydrogens (tertiary/aromatic N) is 1. The third-order valence-electron chi connectivity index (χ3n) is 2.56. The van der Waals surface area contributed by atoms with E-state index in [2.05, 4.69) is 0 Å². The van der Waals surface area contributed by atoms with Gasteiger partial charge in [-0.25, -0.2) is 4.39 Å². The van der Waals surface area contributed by atoms with Crippen LogP contribution >= 0.6 is 0 Å². The molecule has 0 fully saturated rings. The molecule has 0 radical (unpaired) electrons. The fraction of sp³-hybridized carbons (Fsp3) is 0.400. The van der Waals surface area contributed by atoms with Crippen LogP contribution in [-0.4, -0.2) is 17.6 Å². The Balaban J connectivity index is 2.41. The number of hydrogen-bond donors (Lipinski definition) is 0. The van der Waals surface area contributed by atoms with Gasteiger partial charge in [0.15, 0.2) is 6.61 Å². The zero-order valence-corrected chi connectivity index (χ0v) is 8.20. The van der Waals surface area contributed by atoms with Crippen LogP contribution in [0.15, 0.2) is 12.1 Å². The summed E-state index contributed by atoms with van der Waals surface area (Å²) in [6.45, 7) is 1.81. The summed E-state index contributed by atoms with van der Waals surface area (Å²) in [5.74, 6) is 0.0373. The molecule has 1 aromatic carbocycles. The largest absolute Gasteiger partial charge is 0.486 e. The summed E-state index contributed by atoms with van der Waals surface area (Å²) < 4.78 is 18.6. The molecule has 80 valence electrons. The van der Waals surface area contributed by atoms with Crippen molar-refractivity contribution in [1.29, 1.82) is 0 Å². The van der Waals surface area contributed by atoms with E-state index in [0.717, 1.165) is 5.56 Å². The lowest BCUT2D eigenvalue weighted by Gasteiger charge is -2.22. The van der Waals surface area contributed by atoms with Gasteiger partial charge in [0.25, 0.3) is 6.04 Å². The van der Waals surface area contributed by atoms with E-state index >= 15 is 0 Å². The van der Waals surface area contributed by atoms with Crippen molar-refractivity contribution in [2.75, 3.05) is 6.61 Å². The molecule has 0 bridgehead atoms. The van der Waals surface area contributed by atoms with Crippen molar-refractivity contribution in [2.45, 2.75) is 19.4 Å². The van der Waals surface area contributed by atoms with Gasteiger partial charge in [-0.3, -0.25) is 10.1 Å². The lowest BCUT2D eigenvalue weighted by atomic mass is 10.00. The maximum Gasteiger partial charge on any atom is 0.250 e. The van der Waals surface area contributed by atoms with Gasteiger partial charge in [0.2, 0.25) is 0 Å². The lowest BCUT2D eigenvalue weighted by molar-refractivity contribution is -0.525. The summed E-state index contributed by atoms with van der Waals surface area (Å²) in [5, 5.41) is 10.6. The second-order valence-electron chi connectivity index (χ2n) is 3.63. The quantitative estimate of drug-likeness (QED) is 0.525. The highest BCUT2D eigenvalue weighted by molar-refractivity contribution is 5.43. The number of fused-ring (bicyclic) bond motifs is 1. The Morgan fingerprint density at radius 2 is 2.33 bits per heavy atom. The Kier molecular flexibility index (Phi) is 2.30. The number of aryl methyl sites for hydroxylation is 1. The van der Waals surface area contributed by atoms with Gasteiger partial charge in [-0.15, -0.1) is 0 Å². The molecule has 1 aliphatic heterocycles. The first-order valence-electron chi connectivity index (χ1n) is 4.64. The molecule has 1 heterocycles. The molecule has 1 atom stereocenters. The molecule has 4 nitrogen and oxygen atoms in total. The number of halogens is 1. The van der Waals surface area contributed by atoms with Gasteiger partial charge in [0.1, 0.15) is 11.6 Å². The van der Waals surface area contributed by atoms with Crippen molar-refractivity contribution >= 4 is 0 Å². The minimum atomic E-state index is -0.839. The van der Waals surface area contributed by atoms with Crippen molar-refractivity contribution in [3.8, 4) is 5.75 Å². The molecule has 0 saturated heterocycles. The second kappa shape index (κ2) is 3.49. The molecular formula is C10H10FNO3. The number of ether oxygens (including phenoxy) is 1. The molecule has 0 N–H and O–H groups in total. The fourth-order valence-corrected chi connectivity index (χ4v) is 1.72. The van der Waals surface area contributed by atoms with Gasteiger partial charge < -0.3 is 4.74 Å². The molecule has 5 heteroatoms. The Bertz CT molecular complexity index is 419. The zero-order chi connectivity index (χ0) is 11.0. The molecule has 0 saturated carbocycles. The summed E-state index contributed by atoms with van der Waals surface area (Å²) in [6, 6.07) is 2.09. The van der Waals surface area contributed by atoms with E-state index in [0.29, 0.717) is 11.3 Å². The summed E-state index contributed by atoms with van der Waals surface area (Å²) in [7, 11) is 0. The highest BCUT2D eigenvalue weighted by Crippen LogP contribution is 2.31. The predicted molar refractivity (Wildman–Crippen MR) is 51.1 cm³/mol. The summed E-state index contributed by atoms with van der Waals surface area (Å²) in [5.41, 5.74) is 1.14. The smallest absolute Gasteiger partial charge is 0.250 e. The van der Waals surface area contributed by atoms with Crippen LogP contribution in [0.4, 0.5) is 4.39 Å². The van der Waals surface area contributed by atoms with Crippen LogP contribution < -0.4 is 4.74 Å². The SMILES string of the molecule is Cc1ccc(F)c2c1OCC([N+](=O)[O-])C2. The van der Waals surface area contributed by atoms with Crippen molar-refractivity contribution < 1.29 is 14.1 Å². The highest BCUT2D eigenvalue weighted by Gasteiger charge is 2.31. The molecule has 1 aromatic rings. The average molecular weight is 211 g/mol. The molecule has 15 heavy (non-hydrogen) atoms. The molecule has 0 aliphatic carbocycles. The van der Waals surface area contributed by atoms with Crippen molar-refractivity contribution in [1.82, 2.24) is 0 Å². The Morgan fingerprint density at radius 3 is 3.00 bits per heavy atom.